The molecule has 0 spiro atoms. The summed E-state index contributed by atoms with van der Waals surface area (Å²) >= 11 is 5.68. The van der Waals surface area contributed by atoms with Gasteiger partial charge in [0.05, 0.1) is 12.6 Å². The van der Waals surface area contributed by atoms with E-state index in [0.717, 1.165) is 0 Å². The van der Waals surface area contributed by atoms with Crippen LogP contribution in [0.3, 0.4) is 0 Å². The van der Waals surface area contributed by atoms with E-state index in [9.17, 15) is 0 Å². The van der Waals surface area contributed by atoms with E-state index in [0.29, 0.717) is 12.5 Å². The fourth-order valence-corrected chi connectivity index (χ4v) is 0.957. The molecular formula is C9H11ClN4O. The van der Waals surface area contributed by atoms with E-state index in [1.807, 2.05) is 13.8 Å². The predicted molar refractivity (Wildman–Crippen MR) is 57.9 cm³/mol. The fourth-order valence-electron chi connectivity index (χ4n) is 0.805. The van der Waals surface area contributed by atoms with Gasteiger partial charge in [-0.2, -0.15) is 15.0 Å². The molecule has 0 atom stereocenters. The molecule has 1 heterocycles. The Morgan fingerprint density at radius 1 is 1.47 bits per heavy atom. The standard InChI is InChI=1S/C9H11ClN4O/c1-4-5-11-8-12-7(10)13-9(14-8)15-6(2)3/h1,6H,5H2,2-3H3,(H,11,12,13,14). The van der Waals surface area contributed by atoms with Crippen molar-refractivity contribution < 1.29 is 4.74 Å². The number of nitrogens with zero attached hydrogens (tertiary/aromatic N) is 3. The van der Waals surface area contributed by atoms with Crippen molar-refractivity contribution in [3.63, 3.8) is 0 Å². The molecule has 0 saturated heterocycles. The van der Waals surface area contributed by atoms with E-state index in [1.165, 1.54) is 0 Å². The summed E-state index contributed by atoms with van der Waals surface area (Å²) in [6.45, 7) is 4.06. The molecule has 0 unspecified atom stereocenters. The van der Waals surface area contributed by atoms with Gasteiger partial charge in [0.1, 0.15) is 0 Å². The first kappa shape index (κ1) is 11.5. The lowest BCUT2D eigenvalue weighted by Crippen LogP contribution is -2.11. The number of anilines is 1. The minimum absolute atomic E-state index is 0.0241. The zero-order valence-corrected chi connectivity index (χ0v) is 9.25. The molecule has 0 aliphatic heterocycles. The summed E-state index contributed by atoms with van der Waals surface area (Å²) in [5.74, 6) is 2.71. The van der Waals surface area contributed by atoms with Crippen molar-refractivity contribution in [2.75, 3.05) is 11.9 Å². The monoisotopic (exact) mass is 226 g/mol. The predicted octanol–water partition coefficient (Wildman–Crippen LogP) is 1.36. The molecule has 5 nitrogen and oxygen atoms in total. The van der Waals surface area contributed by atoms with Gasteiger partial charge < -0.3 is 10.1 Å². The maximum atomic E-state index is 5.68. The Bertz CT molecular complexity index is 375. The second kappa shape index (κ2) is 5.37. The molecule has 0 aromatic carbocycles. The van der Waals surface area contributed by atoms with Gasteiger partial charge in [0.15, 0.2) is 0 Å². The minimum atomic E-state index is -0.0241. The van der Waals surface area contributed by atoms with Gasteiger partial charge in [-0.25, -0.2) is 0 Å². The summed E-state index contributed by atoms with van der Waals surface area (Å²) in [6.07, 6.45) is 5.06. The highest BCUT2D eigenvalue weighted by atomic mass is 35.5. The first-order valence-electron chi connectivity index (χ1n) is 4.37. The summed E-state index contributed by atoms with van der Waals surface area (Å²) in [5, 5.41) is 2.86. The number of nitrogens with one attached hydrogen (secondary N) is 1. The number of hydrogen-bond acceptors (Lipinski definition) is 5. The van der Waals surface area contributed by atoms with Crippen molar-refractivity contribution in [1.29, 1.82) is 0 Å². The molecule has 0 fully saturated rings. The zero-order chi connectivity index (χ0) is 11.3. The van der Waals surface area contributed by atoms with Gasteiger partial charge in [-0.05, 0) is 25.4 Å². The first-order valence-corrected chi connectivity index (χ1v) is 4.75. The fraction of sp³-hybridized carbons (Fsp3) is 0.444. The van der Waals surface area contributed by atoms with Crippen LogP contribution in [-0.4, -0.2) is 27.6 Å². The van der Waals surface area contributed by atoms with Crippen LogP contribution >= 0.6 is 11.6 Å². The van der Waals surface area contributed by atoms with E-state index in [4.69, 9.17) is 22.8 Å². The van der Waals surface area contributed by atoms with E-state index >= 15 is 0 Å². The molecule has 0 aliphatic carbocycles. The maximum Gasteiger partial charge on any atom is 0.322 e. The van der Waals surface area contributed by atoms with Gasteiger partial charge >= 0.3 is 6.01 Å². The highest BCUT2D eigenvalue weighted by molar-refractivity contribution is 6.28. The Balaban J connectivity index is 2.81. The van der Waals surface area contributed by atoms with Crippen molar-refractivity contribution in [2.24, 2.45) is 0 Å². The molecule has 0 aliphatic rings. The number of hydrogen-bond donors (Lipinski definition) is 1. The molecule has 0 amide bonds. The Morgan fingerprint density at radius 2 is 2.20 bits per heavy atom. The topological polar surface area (TPSA) is 59.9 Å². The Kier molecular flexibility index (Phi) is 4.13. The quantitative estimate of drug-likeness (QED) is 0.786. The van der Waals surface area contributed by atoms with Gasteiger partial charge in [-0.3, -0.25) is 0 Å². The van der Waals surface area contributed by atoms with Crippen molar-refractivity contribution >= 4 is 17.5 Å². The largest absolute Gasteiger partial charge is 0.461 e. The Hall–Kier alpha value is -1.54. The summed E-state index contributed by atoms with van der Waals surface area (Å²) in [7, 11) is 0. The molecule has 80 valence electrons. The normalized spacial score (nSPS) is 9.80. The van der Waals surface area contributed by atoms with Crippen LogP contribution in [0.1, 0.15) is 13.8 Å². The second-order valence-corrected chi connectivity index (χ2v) is 3.27. The molecular weight excluding hydrogens is 216 g/mol. The third kappa shape index (κ3) is 4.00. The van der Waals surface area contributed by atoms with Crippen LogP contribution in [0.25, 0.3) is 0 Å². The van der Waals surface area contributed by atoms with Crippen LogP contribution in [0.5, 0.6) is 6.01 Å². The lowest BCUT2D eigenvalue weighted by atomic mass is 10.5. The minimum Gasteiger partial charge on any atom is -0.461 e. The number of rotatable bonds is 4. The van der Waals surface area contributed by atoms with Gasteiger partial charge in [0.2, 0.25) is 11.2 Å². The molecule has 1 aromatic rings. The molecule has 1 aromatic heterocycles. The van der Waals surface area contributed by atoms with Crippen LogP contribution in [0, 0.1) is 12.3 Å². The Labute approximate surface area is 93.2 Å². The maximum absolute atomic E-state index is 5.68. The SMILES string of the molecule is C#CCNc1nc(Cl)nc(OC(C)C)n1. The van der Waals surface area contributed by atoms with Crippen LogP contribution in [0.4, 0.5) is 5.95 Å². The zero-order valence-electron chi connectivity index (χ0n) is 8.49. The smallest absolute Gasteiger partial charge is 0.322 e. The molecule has 0 radical (unpaired) electrons. The van der Waals surface area contributed by atoms with E-state index < -0.39 is 0 Å². The molecule has 0 bridgehead atoms. The summed E-state index contributed by atoms with van der Waals surface area (Å²) in [6, 6.07) is 0.185. The molecule has 1 N–H and O–H groups in total. The average Bonchev–Trinajstić information content (AvgIpc) is 2.12. The summed E-state index contributed by atoms with van der Waals surface area (Å²) < 4.78 is 5.28. The lowest BCUT2D eigenvalue weighted by molar-refractivity contribution is 0.222. The second-order valence-electron chi connectivity index (χ2n) is 2.93. The van der Waals surface area contributed by atoms with Gasteiger partial charge in [0.25, 0.3) is 0 Å². The molecule has 6 heteroatoms. The van der Waals surface area contributed by atoms with Crippen molar-refractivity contribution in [2.45, 2.75) is 20.0 Å². The van der Waals surface area contributed by atoms with Gasteiger partial charge in [-0.1, -0.05) is 5.92 Å². The van der Waals surface area contributed by atoms with Crippen molar-refractivity contribution in [3.05, 3.63) is 5.28 Å². The third-order valence-electron chi connectivity index (χ3n) is 1.28. The number of aromatic nitrogens is 3. The van der Waals surface area contributed by atoms with Crippen LogP contribution in [0.15, 0.2) is 0 Å². The highest BCUT2D eigenvalue weighted by Gasteiger charge is 2.06. The average molecular weight is 227 g/mol. The number of terminal acetylenes is 1. The first-order chi connectivity index (χ1) is 7.11. The van der Waals surface area contributed by atoms with Crippen LogP contribution in [0.2, 0.25) is 5.28 Å². The molecule has 1 rings (SSSR count). The lowest BCUT2D eigenvalue weighted by Gasteiger charge is -2.08. The number of halogens is 1. The Morgan fingerprint density at radius 3 is 2.80 bits per heavy atom. The highest BCUT2D eigenvalue weighted by Crippen LogP contribution is 2.12. The third-order valence-corrected chi connectivity index (χ3v) is 1.45. The molecule has 15 heavy (non-hydrogen) atoms. The van der Waals surface area contributed by atoms with E-state index in [2.05, 4.69) is 26.2 Å². The van der Waals surface area contributed by atoms with Crippen molar-refractivity contribution in [3.8, 4) is 18.4 Å². The molecule has 0 saturated carbocycles. The summed E-state index contributed by atoms with van der Waals surface area (Å²) in [4.78, 5) is 11.6. The van der Waals surface area contributed by atoms with Crippen molar-refractivity contribution in [1.82, 2.24) is 15.0 Å². The number of ether oxygens (including phenoxy) is 1. The van der Waals surface area contributed by atoms with Gasteiger partial charge in [-0.15, -0.1) is 6.42 Å². The van der Waals surface area contributed by atoms with E-state index in [1.54, 1.807) is 0 Å². The summed E-state index contributed by atoms with van der Waals surface area (Å²) in [5.41, 5.74) is 0. The van der Waals surface area contributed by atoms with E-state index in [-0.39, 0.29) is 17.4 Å². The van der Waals surface area contributed by atoms with Crippen LogP contribution in [-0.2, 0) is 0 Å². The van der Waals surface area contributed by atoms with Crippen LogP contribution < -0.4 is 10.1 Å². The van der Waals surface area contributed by atoms with Gasteiger partial charge in [0, 0.05) is 0 Å².